The maximum Gasteiger partial charge on any atom is 0.218 e. The van der Waals surface area contributed by atoms with Gasteiger partial charge in [-0.3, -0.25) is 0 Å². The van der Waals surface area contributed by atoms with Crippen LogP contribution >= 0.6 is 15.9 Å². The van der Waals surface area contributed by atoms with Crippen LogP contribution in [0.15, 0.2) is 34.8 Å². The van der Waals surface area contributed by atoms with Crippen LogP contribution in [0.3, 0.4) is 0 Å². The summed E-state index contributed by atoms with van der Waals surface area (Å²) in [5, 5.41) is 0. The number of halogens is 1. The van der Waals surface area contributed by atoms with Gasteiger partial charge in [0.1, 0.15) is 6.61 Å². The molecule has 4 heteroatoms. The summed E-state index contributed by atoms with van der Waals surface area (Å²) in [5.41, 5.74) is 9.90. The van der Waals surface area contributed by atoms with Crippen LogP contribution in [0, 0.1) is 13.8 Å². The Morgan fingerprint density at radius 3 is 2.74 bits per heavy atom. The van der Waals surface area contributed by atoms with E-state index in [-0.39, 0.29) is 0 Å². The standard InChI is InChI=1S/C15H17BrN2O/c1-10-6-11(2)18-15(14(10)8-17)19-9-12-4-3-5-13(16)7-12/h3-7H,8-9,17H2,1-2H3. The van der Waals surface area contributed by atoms with Crippen molar-refractivity contribution >= 4 is 15.9 Å². The Morgan fingerprint density at radius 2 is 2.05 bits per heavy atom. The predicted octanol–water partition coefficient (Wildman–Crippen LogP) is 3.50. The number of benzene rings is 1. The molecule has 2 rings (SSSR count). The average molecular weight is 321 g/mol. The summed E-state index contributed by atoms with van der Waals surface area (Å²) in [5.74, 6) is 0.639. The van der Waals surface area contributed by atoms with Crippen LogP contribution in [0.1, 0.15) is 22.4 Å². The van der Waals surface area contributed by atoms with E-state index in [4.69, 9.17) is 10.5 Å². The van der Waals surface area contributed by atoms with Crippen molar-refractivity contribution in [3.8, 4) is 5.88 Å². The van der Waals surface area contributed by atoms with Gasteiger partial charge in [0, 0.05) is 22.3 Å². The van der Waals surface area contributed by atoms with Gasteiger partial charge in [0.05, 0.1) is 0 Å². The van der Waals surface area contributed by atoms with E-state index < -0.39 is 0 Å². The lowest BCUT2D eigenvalue weighted by Crippen LogP contribution is -2.07. The number of hydrogen-bond donors (Lipinski definition) is 1. The first kappa shape index (κ1) is 14.0. The number of rotatable bonds is 4. The molecule has 1 aromatic carbocycles. The van der Waals surface area contributed by atoms with Gasteiger partial charge in [0.15, 0.2) is 0 Å². The Labute approximate surface area is 121 Å². The molecule has 2 N–H and O–H groups in total. The Bertz CT molecular complexity index is 584. The van der Waals surface area contributed by atoms with E-state index in [1.54, 1.807) is 0 Å². The van der Waals surface area contributed by atoms with Gasteiger partial charge in [-0.15, -0.1) is 0 Å². The van der Waals surface area contributed by atoms with Crippen LogP contribution in [0.25, 0.3) is 0 Å². The van der Waals surface area contributed by atoms with Gasteiger partial charge in [-0.2, -0.15) is 0 Å². The van der Waals surface area contributed by atoms with Crippen LogP contribution in [0.4, 0.5) is 0 Å². The summed E-state index contributed by atoms with van der Waals surface area (Å²) in [6.45, 7) is 4.91. The number of nitrogens with zero attached hydrogens (tertiary/aromatic N) is 1. The van der Waals surface area contributed by atoms with Crippen molar-refractivity contribution in [3.05, 3.63) is 57.2 Å². The van der Waals surface area contributed by atoms with Crippen molar-refractivity contribution < 1.29 is 4.74 Å². The minimum Gasteiger partial charge on any atom is -0.473 e. The quantitative estimate of drug-likeness (QED) is 0.937. The first-order valence-electron chi connectivity index (χ1n) is 6.14. The maximum atomic E-state index is 5.82. The Balaban J connectivity index is 2.19. The van der Waals surface area contributed by atoms with Gasteiger partial charge in [-0.05, 0) is 43.2 Å². The van der Waals surface area contributed by atoms with Crippen LogP contribution in [-0.2, 0) is 13.2 Å². The fourth-order valence-electron chi connectivity index (χ4n) is 1.98. The van der Waals surface area contributed by atoms with Crippen molar-refractivity contribution in [3.63, 3.8) is 0 Å². The number of pyridine rings is 1. The minimum absolute atomic E-state index is 0.437. The SMILES string of the molecule is Cc1cc(C)c(CN)c(OCc2cccc(Br)c2)n1. The first-order valence-corrected chi connectivity index (χ1v) is 6.94. The summed E-state index contributed by atoms with van der Waals surface area (Å²) in [7, 11) is 0. The summed E-state index contributed by atoms with van der Waals surface area (Å²) in [6, 6.07) is 10.1. The minimum atomic E-state index is 0.437. The lowest BCUT2D eigenvalue weighted by molar-refractivity contribution is 0.289. The number of nitrogens with two attached hydrogens (primary N) is 1. The highest BCUT2D eigenvalue weighted by Gasteiger charge is 2.09. The Morgan fingerprint density at radius 1 is 1.26 bits per heavy atom. The third-order valence-electron chi connectivity index (χ3n) is 2.91. The molecular weight excluding hydrogens is 304 g/mol. The first-order chi connectivity index (χ1) is 9.10. The average Bonchev–Trinajstić information content (AvgIpc) is 2.36. The normalized spacial score (nSPS) is 10.5. The molecule has 100 valence electrons. The zero-order valence-corrected chi connectivity index (χ0v) is 12.7. The zero-order chi connectivity index (χ0) is 13.8. The molecule has 0 amide bonds. The highest BCUT2D eigenvalue weighted by Crippen LogP contribution is 2.22. The van der Waals surface area contributed by atoms with E-state index in [2.05, 4.69) is 20.9 Å². The molecule has 19 heavy (non-hydrogen) atoms. The summed E-state index contributed by atoms with van der Waals surface area (Å²) >= 11 is 3.45. The molecule has 3 nitrogen and oxygen atoms in total. The van der Waals surface area contributed by atoms with Gasteiger partial charge in [0.25, 0.3) is 0 Å². The molecule has 0 aliphatic heterocycles. The lowest BCUT2D eigenvalue weighted by Gasteiger charge is -2.12. The van der Waals surface area contributed by atoms with Gasteiger partial charge in [-0.25, -0.2) is 4.98 Å². The van der Waals surface area contributed by atoms with Crippen LogP contribution in [-0.4, -0.2) is 4.98 Å². The molecule has 0 unspecified atom stereocenters. The molecule has 0 aliphatic carbocycles. The molecular formula is C15H17BrN2O. The highest BCUT2D eigenvalue weighted by molar-refractivity contribution is 9.10. The Kier molecular flexibility index (Phi) is 4.56. The maximum absolute atomic E-state index is 5.82. The predicted molar refractivity (Wildman–Crippen MR) is 80.1 cm³/mol. The van der Waals surface area contributed by atoms with E-state index in [0.717, 1.165) is 26.9 Å². The number of aromatic nitrogens is 1. The molecule has 0 spiro atoms. The van der Waals surface area contributed by atoms with Crippen LogP contribution in [0.5, 0.6) is 5.88 Å². The second-order valence-electron chi connectivity index (χ2n) is 4.49. The summed E-state index contributed by atoms with van der Waals surface area (Å²) < 4.78 is 6.86. The molecule has 0 radical (unpaired) electrons. The van der Waals surface area contributed by atoms with E-state index in [1.165, 1.54) is 0 Å². The van der Waals surface area contributed by atoms with Gasteiger partial charge >= 0.3 is 0 Å². The van der Waals surface area contributed by atoms with E-state index in [1.807, 2.05) is 44.2 Å². The van der Waals surface area contributed by atoms with Gasteiger partial charge < -0.3 is 10.5 Å². The molecule has 0 fully saturated rings. The van der Waals surface area contributed by atoms with Crippen LogP contribution < -0.4 is 10.5 Å². The number of ether oxygens (including phenoxy) is 1. The van der Waals surface area contributed by atoms with E-state index >= 15 is 0 Å². The van der Waals surface area contributed by atoms with E-state index in [0.29, 0.717) is 19.0 Å². The van der Waals surface area contributed by atoms with Gasteiger partial charge in [0.2, 0.25) is 5.88 Å². The van der Waals surface area contributed by atoms with Crippen molar-refractivity contribution in [1.82, 2.24) is 4.98 Å². The fraction of sp³-hybridized carbons (Fsp3) is 0.267. The summed E-state index contributed by atoms with van der Waals surface area (Å²) in [6.07, 6.45) is 0. The molecule has 0 atom stereocenters. The molecule has 0 saturated heterocycles. The monoisotopic (exact) mass is 320 g/mol. The molecule has 0 bridgehead atoms. The van der Waals surface area contributed by atoms with Crippen molar-refractivity contribution in [2.45, 2.75) is 27.0 Å². The van der Waals surface area contributed by atoms with Crippen molar-refractivity contribution in [1.29, 1.82) is 0 Å². The topological polar surface area (TPSA) is 48.1 Å². The van der Waals surface area contributed by atoms with E-state index in [9.17, 15) is 0 Å². The zero-order valence-electron chi connectivity index (χ0n) is 11.1. The Hall–Kier alpha value is -1.39. The number of aryl methyl sites for hydroxylation is 2. The number of hydrogen-bond acceptors (Lipinski definition) is 3. The van der Waals surface area contributed by atoms with Crippen molar-refractivity contribution in [2.24, 2.45) is 5.73 Å². The third kappa shape index (κ3) is 3.55. The molecule has 2 aromatic rings. The third-order valence-corrected chi connectivity index (χ3v) is 3.40. The second-order valence-corrected chi connectivity index (χ2v) is 5.40. The largest absolute Gasteiger partial charge is 0.473 e. The highest BCUT2D eigenvalue weighted by atomic mass is 79.9. The van der Waals surface area contributed by atoms with Gasteiger partial charge in [-0.1, -0.05) is 28.1 Å². The fourth-order valence-corrected chi connectivity index (χ4v) is 2.42. The molecule has 1 aromatic heterocycles. The molecule has 1 heterocycles. The molecule has 0 saturated carbocycles. The lowest BCUT2D eigenvalue weighted by atomic mass is 10.1. The smallest absolute Gasteiger partial charge is 0.218 e. The van der Waals surface area contributed by atoms with Crippen molar-refractivity contribution in [2.75, 3.05) is 0 Å². The molecule has 0 aliphatic rings. The summed E-state index contributed by atoms with van der Waals surface area (Å²) in [4.78, 5) is 4.43. The second kappa shape index (κ2) is 6.17. The van der Waals surface area contributed by atoms with Crippen LogP contribution in [0.2, 0.25) is 0 Å².